The van der Waals surface area contributed by atoms with Gasteiger partial charge in [-0.25, -0.2) is 13.6 Å². The molecule has 4 heteroatoms. The van der Waals surface area contributed by atoms with Crippen LogP contribution in [0.15, 0.2) is 54.6 Å². The van der Waals surface area contributed by atoms with Gasteiger partial charge in [0.1, 0.15) is 11.4 Å². The van der Waals surface area contributed by atoms with Gasteiger partial charge in [-0.15, -0.1) is 0 Å². The highest BCUT2D eigenvalue weighted by atomic mass is 19.2. The van der Waals surface area contributed by atoms with Gasteiger partial charge in [-0.05, 0) is 43.7 Å². The Kier molecular flexibility index (Phi) is 4.36. The molecule has 0 saturated heterocycles. The number of ether oxygens (including phenoxy) is 1. The fraction of sp³-hybridized carbons (Fsp3) is 0.235. The zero-order valence-electron chi connectivity index (χ0n) is 11.8. The van der Waals surface area contributed by atoms with Gasteiger partial charge in [0.15, 0.2) is 6.17 Å². The number of hydrogen-bond acceptors (Lipinski definition) is 2. The molecule has 1 atom stereocenters. The van der Waals surface area contributed by atoms with E-state index in [0.29, 0.717) is 5.56 Å². The van der Waals surface area contributed by atoms with E-state index in [1.54, 1.807) is 30.3 Å². The summed E-state index contributed by atoms with van der Waals surface area (Å²) in [6.07, 6.45) is -1.73. The van der Waals surface area contributed by atoms with Gasteiger partial charge in [-0.2, -0.15) is 0 Å². The molecule has 0 aromatic heterocycles. The summed E-state index contributed by atoms with van der Waals surface area (Å²) in [5, 5.41) is 0. The van der Waals surface area contributed by atoms with Crippen molar-refractivity contribution in [2.75, 3.05) is 0 Å². The van der Waals surface area contributed by atoms with Gasteiger partial charge >= 0.3 is 5.97 Å². The lowest BCUT2D eigenvalue weighted by atomic mass is 9.98. The number of hydrogen-bond donors (Lipinski definition) is 0. The third kappa shape index (κ3) is 3.88. The number of rotatable bonds is 4. The van der Waals surface area contributed by atoms with E-state index in [1.807, 2.05) is 0 Å². The van der Waals surface area contributed by atoms with Crippen LogP contribution >= 0.6 is 0 Å². The van der Waals surface area contributed by atoms with E-state index < -0.39 is 17.8 Å². The molecule has 0 aliphatic heterocycles. The lowest BCUT2D eigenvalue weighted by Crippen LogP contribution is -2.20. The number of esters is 1. The molecule has 0 N–H and O–H groups in total. The molecule has 21 heavy (non-hydrogen) atoms. The molecule has 2 aromatic rings. The van der Waals surface area contributed by atoms with E-state index in [1.165, 1.54) is 38.1 Å². The van der Waals surface area contributed by atoms with Gasteiger partial charge in [0.05, 0.1) is 5.56 Å². The first-order valence-electron chi connectivity index (χ1n) is 6.58. The fourth-order valence-corrected chi connectivity index (χ4v) is 1.84. The van der Waals surface area contributed by atoms with Crippen LogP contribution in [0, 0.1) is 0 Å². The van der Waals surface area contributed by atoms with E-state index in [4.69, 9.17) is 4.74 Å². The second-order valence-electron chi connectivity index (χ2n) is 5.25. The van der Waals surface area contributed by atoms with Crippen LogP contribution in [0.4, 0.5) is 8.78 Å². The second kappa shape index (κ2) is 6.04. The molecule has 0 aliphatic carbocycles. The quantitative estimate of drug-likeness (QED) is 0.604. The third-order valence-electron chi connectivity index (χ3n) is 3.00. The summed E-state index contributed by atoms with van der Waals surface area (Å²) in [6, 6.07) is 14.3. The number of carbonyl (C=O) groups is 1. The molecule has 0 aliphatic rings. The van der Waals surface area contributed by atoms with E-state index in [0.717, 1.165) is 0 Å². The molecule has 0 spiro atoms. The van der Waals surface area contributed by atoms with Gasteiger partial charge in [0.2, 0.25) is 0 Å². The number of benzene rings is 2. The van der Waals surface area contributed by atoms with Crippen LogP contribution in [-0.2, 0) is 0 Å². The minimum atomic E-state index is -1.96. The smallest absolute Gasteiger partial charge is 0.343 e. The van der Waals surface area contributed by atoms with Gasteiger partial charge in [-0.1, -0.05) is 30.3 Å². The molecule has 110 valence electrons. The van der Waals surface area contributed by atoms with Crippen LogP contribution in [0.5, 0.6) is 5.75 Å². The maximum Gasteiger partial charge on any atom is 0.343 e. The maximum absolute atomic E-state index is 13.8. The van der Waals surface area contributed by atoms with Crippen LogP contribution < -0.4 is 4.74 Å². The SMILES string of the molecule is CC(C)(F)C(F)c1ccc(OC(=O)c2ccccc2)cc1. The number of halogens is 2. The minimum Gasteiger partial charge on any atom is -0.423 e. The third-order valence-corrected chi connectivity index (χ3v) is 3.00. The molecule has 2 nitrogen and oxygen atoms in total. The zero-order chi connectivity index (χ0) is 15.5. The summed E-state index contributed by atoms with van der Waals surface area (Å²) in [7, 11) is 0. The monoisotopic (exact) mass is 290 g/mol. The van der Waals surface area contributed by atoms with Crippen molar-refractivity contribution in [3.8, 4) is 5.75 Å². The van der Waals surface area contributed by atoms with Crippen molar-refractivity contribution in [1.82, 2.24) is 0 Å². The summed E-state index contributed by atoms with van der Waals surface area (Å²) in [4.78, 5) is 11.8. The molecule has 1 unspecified atom stereocenters. The lowest BCUT2D eigenvalue weighted by Gasteiger charge is -2.19. The topological polar surface area (TPSA) is 26.3 Å². The lowest BCUT2D eigenvalue weighted by molar-refractivity contribution is 0.0733. The maximum atomic E-state index is 13.8. The van der Waals surface area contributed by atoms with Crippen LogP contribution in [0.2, 0.25) is 0 Å². The van der Waals surface area contributed by atoms with Crippen molar-refractivity contribution in [3.63, 3.8) is 0 Å². The van der Waals surface area contributed by atoms with Gasteiger partial charge < -0.3 is 4.74 Å². The summed E-state index contributed by atoms with van der Waals surface area (Å²) in [5.74, 6) is -0.206. The number of carbonyl (C=O) groups excluding carboxylic acids is 1. The van der Waals surface area contributed by atoms with E-state index in [9.17, 15) is 13.6 Å². The van der Waals surface area contributed by atoms with Crippen LogP contribution in [0.3, 0.4) is 0 Å². The molecule has 2 rings (SSSR count). The Morgan fingerprint density at radius 1 is 1.05 bits per heavy atom. The molecule has 0 radical (unpaired) electrons. The molecule has 0 heterocycles. The van der Waals surface area contributed by atoms with Gasteiger partial charge in [-0.3, -0.25) is 0 Å². The van der Waals surface area contributed by atoms with Crippen molar-refractivity contribution in [2.45, 2.75) is 25.7 Å². The van der Waals surface area contributed by atoms with Gasteiger partial charge in [0, 0.05) is 0 Å². The molecular weight excluding hydrogens is 274 g/mol. The van der Waals surface area contributed by atoms with Crippen molar-refractivity contribution in [1.29, 1.82) is 0 Å². The van der Waals surface area contributed by atoms with Crippen molar-refractivity contribution >= 4 is 5.97 Å². The fourth-order valence-electron chi connectivity index (χ4n) is 1.84. The predicted molar refractivity (Wildman–Crippen MR) is 76.9 cm³/mol. The Morgan fingerprint density at radius 3 is 2.14 bits per heavy atom. The van der Waals surface area contributed by atoms with Gasteiger partial charge in [0.25, 0.3) is 0 Å². The standard InChI is InChI=1S/C17H16F2O2/c1-17(2,19)15(18)12-8-10-14(11-9-12)21-16(20)13-6-4-3-5-7-13/h3-11,15H,1-2H3. The van der Waals surface area contributed by atoms with Crippen molar-refractivity contribution < 1.29 is 18.3 Å². The van der Waals surface area contributed by atoms with E-state index >= 15 is 0 Å². The Hall–Kier alpha value is -2.23. The first kappa shape index (κ1) is 15.2. The first-order valence-corrected chi connectivity index (χ1v) is 6.58. The molecule has 0 bridgehead atoms. The van der Waals surface area contributed by atoms with Crippen LogP contribution in [-0.4, -0.2) is 11.6 Å². The molecule has 2 aromatic carbocycles. The molecule has 0 amide bonds. The van der Waals surface area contributed by atoms with Crippen LogP contribution in [0.1, 0.15) is 35.9 Å². The first-order chi connectivity index (χ1) is 9.88. The predicted octanol–water partition coefficient (Wildman–Crippen LogP) is 4.66. The summed E-state index contributed by atoms with van der Waals surface area (Å²) < 4.78 is 32.5. The van der Waals surface area contributed by atoms with Crippen molar-refractivity contribution in [2.24, 2.45) is 0 Å². The van der Waals surface area contributed by atoms with E-state index in [2.05, 4.69) is 0 Å². The molecule has 0 fully saturated rings. The minimum absolute atomic E-state index is 0.210. The summed E-state index contributed by atoms with van der Waals surface area (Å²) >= 11 is 0. The Morgan fingerprint density at radius 2 is 1.62 bits per heavy atom. The van der Waals surface area contributed by atoms with Crippen LogP contribution in [0.25, 0.3) is 0 Å². The number of alkyl halides is 2. The van der Waals surface area contributed by atoms with Crippen molar-refractivity contribution in [3.05, 3.63) is 65.7 Å². The van der Waals surface area contributed by atoms with E-state index in [-0.39, 0.29) is 11.3 Å². The highest BCUT2D eigenvalue weighted by Crippen LogP contribution is 2.33. The largest absolute Gasteiger partial charge is 0.423 e. The summed E-state index contributed by atoms with van der Waals surface area (Å²) in [6.45, 7) is 2.36. The Balaban J connectivity index is 2.08. The summed E-state index contributed by atoms with van der Waals surface area (Å²) in [5.41, 5.74) is -1.32. The average molecular weight is 290 g/mol. The Bertz CT molecular complexity index is 601. The highest BCUT2D eigenvalue weighted by Gasteiger charge is 2.30. The highest BCUT2D eigenvalue weighted by molar-refractivity contribution is 5.90. The zero-order valence-corrected chi connectivity index (χ0v) is 11.8. The second-order valence-corrected chi connectivity index (χ2v) is 5.25. The normalized spacial score (nSPS) is 12.8. The average Bonchev–Trinajstić information content (AvgIpc) is 2.47. The Labute approximate surface area is 122 Å². The molecular formula is C17H16F2O2. The molecule has 0 saturated carbocycles.